The maximum atomic E-state index is 12.5. The molecule has 4 saturated carbocycles. The van der Waals surface area contributed by atoms with E-state index in [1.165, 1.54) is 0 Å². The summed E-state index contributed by atoms with van der Waals surface area (Å²) in [4.78, 5) is 24.5. The lowest BCUT2D eigenvalue weighted by atomic mass is 9.47. The molecule has 5 nitrogen and oxygen atoms in total. The lowest BCUT2D eigenvalue weighted by molar-refractivity contribution is -0.145. The predicted molar refractivity (Wildman–Crippen MR) is 81.8 cm³/mol. The second-order valence-corrected chi connectivity index (χ2v) is 7.62. The van der Waals surface area contributed by atoms with E-state index >= 15 is 0 Å². The summed E-state index contributed by atoms with van der Waals surface area (Å²) >= 11 is 0. The molecule has 0 aromatic carbocycles. The molecule has 1 aromatic rings. The first-order valence-electron chi connectivity index (χ1n) is 8.21. The molecular weight excluding hydrogens is 278 g/mol. The Morgan fingerprint density at radius 1 is 1.27 bits per heavy atom. The molecule has 0 aliphatic heterocycles. The van der Waals surface area contributed by atoms with E-state index in [1.54, 1.807) is 0 Å². The number of carbonyl (C=O) groups is 2. The molecule has 3 N–H and O–H groups in total. The minimum Gasteiger partial charge on any atom is -0.369 e. The zero-order valence-electron chi connectivity index (χ0n) is 12.9. The molecule has 22 heavy (non-hydrogen) atoms. The smallest absolute Gasteiger partial charge is 0.268 e. The van der Waals surface area contributed by atoms with Crippen molar-refractivity contribution in [2.75, 3.05) is 0 Å². The average Bonchev–Trinajstić information content (AvgIpc) is 2.88. The average molecular weight is 301 g/mol. The maximum Gasteiger partial charge on any atom is 0.268 e. The van der Waals surface area contributed by atoms with Gasteiger partial charge in [-0.15, -0.1) is 0 Å². The molecule has 2 atom stereocenters. The highest BCUT2D eigenvalue weighted by molar-refractivity contribution is 5.93. The van der Waals surface area contributed by atoms with Crippen LogP contribution in [0.3, 0.4) is 0 Å². The van der Waals surface area contributed by atoms with Crippen LogP contribution in [0.1, 0.15) is 42.6 Å². The molecule has 4 aliphatic rings. The Hall–Kier alpha value is -1.78. The highest BCUT2D eigenvalue weighted by Gasteiger charge is 2.58. The summed E-state index contributed by atoms with van der Waals surface area (Å²) < 4.78 is 1.84. The van der Waals surface area contributed by atoms with Crippen molar-refractivity contribution in [3.8, 4) is 0 Å². The van der Waals surface area contributed by atoms with Gasteiger partial charge in [-0.2, -0.15) is 0 Å². The summed E-state index contributed by atoms with van der Waals surface area (Å²) in [5.74, 6) is 1.30. The molecule has 0 saturated heterocycles. The fourth-order valence-corrected chi connectivity index (χ4v) is 5.48. The van der Waals surface area contributed by atoms with Gasteiger partial charge in [0.2, 0.25) is 5.91 Å². The zero-order chi connectivity index (χ0) is 15.5. The van der Waals surface area contributed by atoms with Crippen molar-refractivity contribution in [2.45, 2.75) is 38.1 Å². The molecule has 1 heterocycles. The standard InChI is InChI=1S/C17H23N3O2/c1-20-4-2-3-13(20)15(21)19-14-11-5-10-6-12(14)9-17(7-10,8-11)16(18)22/h2-4,10-12,14H,5-9H2,1H3,(H2,18,22)(H,19,21)/t10?,11?,12?,14-,17-. The van der Waals surface area contributed by atoms with Gasteiger partial charge >= 0.3 is 0 Å². The van der Waals surface area contributed by atoms with Crippen LogP contribution >= 0.6 is 0 Å². The molecule has 2 amide bonds. The molecular formula is C17H23N3O2. The van der Waals surface area contributed by atoms with Gasteiger partial charge in [-0.05, 0) is 62.0 Å². The number of aryl methyl sites for hydroxylation is 1. The van der Waals surface area contributed by atoms with E-state index in [-0.39, 0.29) is 23.3 Å². The highest BCUT2D eigenvalue weighted by atomic mass is 16.2. The summed E-state index contributed by atoms with van der Waals surface area (Å²) in [5, 5.41) is 3.25. The van der Waals surface area contributed by atoms with Crippen molar-refractivity contribution < 1.29 is 9.59 Å². The highest BCUT2D eigenvalue weighted by Crippen LogP contribution is 2.59. The molecule has 2 unspecified atom stereocenters. The molecule has 4 fully saturated rings. The Bertz CT molecular complexity index is 620. The lowest BCUT2D eigenvalue weighted by Crippen LogP contribution is -2.62. The zero-order valence-corrected chi connectivity index (χ0v) is 12.9. The number of carbonyl (C=O) groups excluding carboxylic acids is 2. The van der Waals surface area contributed by atoms with Crippen LogP contribution in [-0.4, -0.2) is 22.4 Å². The van der Waals surface area contributed by atoms with Gasteiger partial charge in [0, 0.05) is 24.7 Å². The van der Waals surface area contributed by atoms with E-state index in [2.05, 4.69) is 5.32 Å². The van der Waals surface area contributed by atoms with Crippen LogP contribution in [0.4, 0.5) is 0 Å². The molecule has 4 aliphatic carbocycles. The van der Waals surface area contributed by atoms with Gasteiger partial charge < -0.3 is 15.6 Å². The van der Waals surface area contributed by atoms with Crippen LogP contribution in [0.2, 0.25) is 0 Å². The number of nitrogens with zero attached hydrogens (tertiary/aromatic N) is 1. The van der Waals surface area contributed by atoms with E-state index in [0.29, 0.717) is 23.4 Å². The first kappa shape index (κ1) is 13.9. The SMILES string of the molecule is Cn1cccc1C(=O)N[C@H]1C2CC3CC1C[C@](C(N)=O)(C3)C2. The van der Waals surface area contributed by atoms with Crippen LogP contribution in [-0.2, 0) is 11.8 Å². The molecule has 5 heteroatoms. The van der Waals surface area contributed by atoms with E-state index in [9.17, 15) is 9.59 Å². The minimum atomic E-state index is -0.289. The van der Waals surface area contributed by atoms with Crippen LogP contribution < -0.4 is 11.1 Å². The van der Waals surface area contributed by atoms with Crippen LogP contribution in [0.5, 0.6) is 0 Å². The van der Waals surface area contributed by atoms with Gasteiger partial charge in [-0.1, -0.05) is 0 Å². The number of aromatic nitrogens is 1. The van der Waals surface area contributed by atoms with Crippen molar-refractivity contribution in [3.05, 3.63) is 24.0 Å². The Kier molecular flexibility index (Phi) is 2.90. The van der Waals surface area contributed by atoms with Crippen LogP contribution in [0, 0.1) is 23.2 Å². The molecule has 0 spiro atoms. The summed E-state index contributed by atoms with van der Waals surface area (Å²) in [6, 6.07) is 3.93. The van der Waals surface area contributed by atoms with Gasteiger partial charge in [0.1, 0.15) is 5.69 Å². The molecule has 4 bridgehead atoms. The number of rotatable bonds is 3. The number of primary amides is 1. The number of nitrogens with two attached hydrogens (primary N) is 1. The summed E-state index contributed by atoms with van der Waals surface area (Å²) in [6.45, 7) is 0. The van der Waals surface area contributed by atoms with E-state index in [4.69, 9.17) is 5.73 Å². The third kappa shape index (κ3) is 1.91. The molecule has 5 rings (SSSR count). The van der Waals surface area contributed by atoms with Gasteiger partial charge in [-0.25, -0.2) is 0 Å². The van der Waals surface area contributed by atoms with Crippen LogP contribution in [0.25, 0.3) is 0 Å². The van der Waals surface area contributed by atoms with E-state index in [1.807, 2.05) is 29.9 Å². The van der Waals surface area contributed by atoms with E-state index in [0.717, 1.165) is 32.1 Å². The Labute approximate surface area is 130 Å². The third-order valence-electron chi connectivity index (χ3n) is 6.27. The number of nitrogens with one attached hydrogen (secondary N) is 1. The maximum absolute atomic E-state index is 12.5. The van der Waals surface area contributed by atoms with Crippen molar-refractivity contribution >= 4 is 11.8 Å². The van der Waals surface area contributed by atoms with E-state index < -0.39 is 0 Å². The largest absolute Gasteiger partial charge is 0.369 e. The van der Waals surface area contributed by atoms with Gasteiger partial charge in [0.05, 0.1) is 0 Å². The summed E-state index contributed by atoms with van der Waals surface area (Å²) in [5.41, 5.74) is 6.11. The molecule has 1 aromatic heterocycles. The third-order valence-corrected chi connectivity index (χ3v) is 6.27. The fourth-order valence-electron chi connectivity index (χ4n) is 5.48. The molecule has 118 valence electrons. The minimum absolute atomic E-state index is 0.00176. The Morgan fingerprint density at radius 2 is 1.95 bits per heavy atom. The monoisotopic (exact) mass is 301 g/mol. The second kappa shape index (κ2) is 4.61. The first-order valence-corrected chi connectivity index (χ1v) is 8.21. The summed E-state index contributed by atoms with van der Waals surface area (Å²) in [7, 11) is 1.88. The molecule has 0 radical (unpaired) electrons. The van der Waals surface area contributed by atoms with Crippen molar-refractivity contribution in [3.63, 3.8) is 0 Å². The predicted octanol–water partition coefficient (Wildman–Crippen LogP) is 1.44. The topological polar surface area (TPSA) is 77.1 Å². The van der Waals surface area contributed by atoms with Gasteiger partial charge in [-0.3, -0.25) is 9.59 Å². The van der Waals surface area contributed by atoms with Crippen molar-refractivity contribution in [2.24, 2.45) is 36.0 Å². The lowest BCUT2D eigenvalue weighted by Gasteiger charge is -2.58. The summed E-state index contributed by atoms with van der Waals surface area (Å²) in [6.07, 6.45) is 6.82. The first-order chi connectivity index (χ1) is 10.5. The van der Waals surface area contributed by atoms with Gasteiger partial charge in [0.15, 0.2) is 0 Å². The Balaban J connectivity index is 1.55. The number of hydrogen-bond donors (Lipinski definition) is 2. The number of amides is 2. The van der Waals surface area contributed by atoms with Crippen LogP contribution in [0.15, 0.2) is 18.3 Å². The van der Waals surface area contributed by atoms with Crippen molar-refractivity contribution in [1.29, 1.82) is 0 Å². The number of hydrogen-bond acceptors (Lipinski definition) is 2. The normalized spacial score (nSPS) is 39.0. The Morgan fingerprint density at radius 3 is 2.50 bits per heavy atom. The van der Waals surface area contributed by atoms with Gasteiger partial charge in [0.25, 0.3) is 5.91 Å². The van der Waals surface area contributed by atoms with Crippen molar-refractivity contribution in [1.82, 2.24) is 9.88 Å². The second-order valence-electron chi connectivity index (χ2n) is 7.62. The quantitative estimate of drug-likeness (QED) is 0.886. The fraction of sp³-hybridized carbons (Fsp3) is 0.647.